The Morgan fingerprint density at radius 2 is 1.14 bits per heavy atom. The van der Waals surface area contributed by atoms with Crippen LogP contribution in [0.5, 0.6) is 0 Å². The maximum Gasteiger partial charge on any atom is 0.162 e. The third-order valence-electron chi connectivity index (χ3n) is 9.18. The number of hydrogen-bond acceptors (Lipinski definition) is 3. The summed E-state index contributed by atoms with van der Waals surface area (Å²) in [5, 5.41) is 20.2. The Hall–Kier alpha value is -3.01. The summed E-state index contributed by atoms with van der Waals surface area (Å²) in [4.78, 5) is 12.9. The van der Waals surface area contributed by atoms with E-state index in [9.17, 15) is 15.0 Å². The van der Waals surface area contributed by atoms with Gasteiger partial charge in [-0.1, -0.05) is 141 Å². The van der Waals surface area contributed by atoms with E-state index < -0.39 is 11.5 Å². The molecule has 0 aromatic rings. The Kier molecular flexibility index (Phi) is 13.2. The van der Waals surface area contributed by atoms with Crippen LogP contribution in [0.15, 0.2) is 119 Å². The molecule has 0 unspecified atom stereocenters. The minimum atomic E-state index is -0.532. The molecule has 2 aliphatic rings. The molecule has 0 aromatic heterocycles. The van der Waals surface area contributed by atoms with Crippen LogP contribution in [0.1, 0.15) is 94.9 Å². The fraction of sp³-hybridized carbons (Fsp3) is 0.475. The second-order valence-electron chi connectivity index (χ2n) is 14.2. The minimum Gasteiger partial charge on any atom is -0.393 e. The number of rotatable bonds is 11. The molecule has 2 aliphatic carbocycles. The van der Waals surface area contributed by atoms with Crippen molar-refractivity contribution in [1.82, 2.24) is 0 Å². The van der Waals surface area contributed by atoms with E-state index in [4.69, 9.17) is 0 Å². The largest absolute Gasteiger partial charge is 0.393 e. The van der Waals surface area contributed by atoms with Gasteiger partial charge in [0.1, 0.15) is 0 Å². The molecule has 1 fully saturated rings. The highest BCUT2D eigenvalue weighted by Gasteiger charge is 2.52. The lowest BCUT2D eigenvalue weighted by atomic mass is 9.66. The number of aliphatic hydroxyl groups is 2. The lowest BCUT2D eigenvalue weighted by Crippen LogP contribution is -2.36. The number of aliphatic hydroxyl groups excluding tert-OH is 2. The summed E-state index contributed by atoms with van der Waals surface area (Å²) in [6.07, 6.45) is 30.6. The molecule has 0 spiro atoms. The Morgan fingerprint density at radius 3 is 1.63 bits per heavy atom. The van der Waals surface area contributed by atoms with E-state index in [0.29, 0.717) is 12.8 Å². The molecular formula is C40H56O3. The van der Waals surface area contributed by atoms with Crippen molar-refractivity contribution >= 4 is 5.78 Å². The van der Waals surface area contributed by atoms with Gasteiger partial charge >= 0.3 is 0 Å². The Morgan fingerprint density at radius 1 is 0.651 bits per heavy atom. The van der Waals surface area contributed by atoms with Gasteiger partial charge in [-0.3, -0.25) is 4.79 Å². The van der Waals surface area contributed by atoms with Crippen LogP contribution in [0, 0.1) is 16.2 Å². The number of allylic oxidation sites excluding steroid dienone is 19. The molecule has 0 aromatic carbocycles. The van der Waals surface area contributed by atoms with Gasteiger partial charge in [-0.15, -0.1) is 0 Å². The molecule has 0 radical (unpaired) electrons. The van der Waals surface area contributed by atoms with Gasteiger partial charge in [0.05, 0.1) is 12.2 Å². The zero-order valence-electron chi connectivity index (χ0n) is 28.4. The van der Waals surface area contributed by atoms with Crippen molar-refractivity contribution in [3.05, 3.63) is 119 Å². The summed E-state index contributed by atoms with van der Waals surface area (Å²) in [5.74, 6) is 0.0853. The quantitative estimate of drug-likeness (QED) is 0.188. The average Bonchev–Trinajstić information content (AvgIpc) is 3.10. The van der Waals surface area contributed by atoms with Crippen molar-refractivity contribution in [2.75, 3.05) is 0 Å². The first-order valence-electron chi connectivity index (χ1n) is 15.7. The minimum absolute atomic E-state index is 0.00528. The van der Waals surface area contributed by atoms with Crippen LogP contribution in [0.25, 0.3) is 0 Å². The summed E-state index contributed by atoms with van der Waals surface area (Å²) in [5.41, 5.74) is 6.34. The molecule has 43 heavy (non-hydrogen) atoms. The molecule has 0 bridgehead atoms. The summed E-state index contributed by atoms with van der Waals surface area (Å²) in [6, 6.07) is 0. The lowest BCUT2D eigenvalue weighted by Gasteiger charge is -2.35. The first-order chi connectivity index (χ1) is 20.0. The first kappa shape index (κ1) is 36.2. The van der Waals surface area contributed by atoms with Crippen molar-refractivity contribution in [3.8, 4) is 0 Å². The fourth-order valence-corrected chi connectivity index (χ4v) is 6.19. The van der Waals surface area contributed by atoms with Gasteiger partial charge in [0.2, 0.25) is 0 Å². The second kappa shape index (κ2) is 15.6. The predicted molar refractivity (Wildman–Crippen MR) is 185 cm³/mol. The third-order valence-corrected chi connectivity index (χ3v) is 9.18. The summed E-state index contributed by atoms with van der Waals surface area (Å²) in [6.45, 7) is 20.9. The van der Waals surface area contributed by atoms with Gasteiger partial charge in [-0.05, 0) is 82.8 Å². The molecule has 0 saturated heterocycles. The van der Waals surface area contributed by atoms with Crippen LogP contribution in [0.4, 0.5) is 0 Å². The summed E-state index contributed by atoms with van der Waals surface area (Å²) in [7, 11) is 0. The standard InChI is InChI=1S/C40H56O3/c1-29(17-13-19-31(3)21-23-36-33(5)25-34(41)26-38(36,6)7)15-11-12-16-30(2)18-14-20-32(4)22-24-37(43)40(10)28-35(42)27-39(40,8)9/h11-24,34-35,41-42H,25-28H2,1-10H3/b12-11+,17-13+,18-14+,23-21+,24-22+,29-15+,30-16-,31-19+,32-20+/t34-,35+,40-/m0/s1. The van der Waals surface area contributed by atoms with Crippen LogP contribution < -0.4 is 0 Å². The zero-order chi connectivity index (χ0) is 32.4. The van der Waals surface area contributed by atoms with Crippen molar-refractivity contribution < 1.29 is 15.0 Å². The van der Waals surface area contributed by atoms with Crippen molar-refractivity contribution in [1.29, 1.82) is 0 Å². The summed E-state index contributed by atoms with van der Waals surface area (Å²) >= 11 is 0. The van der Waals surface area contributed by atoms with E-state index in [0.717, 1.165) is 29.6 Å². The first-order valence-corrected chi connectivity index (χ1v) is 15.7. The Labute approximate surface area is 262 Å². The molecule has 234 valence electrons. The van der Waals surface area contributed by atoms with Gasteiger partial charge in [0.15, 0.2) is 5.78 Å². The number of hydrogen-bond donors (Lipinski definition) is 2. The zero-order valence-corrected chi connectivity index (χ0v) is 28.4. The number of carbonyl (C=O) groups is 1. The van der Waals surface area contributed by atoms with Crippen LogP contribution in [0.2, 0.25) is 0 Å². The van der Waals surface area contributed by atoms with Crippen molar-refractivity contribution in [3.63, 3.8) is 0 Å². The highest BCUT2D eigenvalue weighted by molar-refractivity contribution is 5.95. The maximum absolute atomic E-state index is 12.9. The predicted octanol–water partition coefficient (Wildman–Crippen LogP) is 9.81. The highest BCUT2D eigenvalue weighted by Crippen LogP contribution is 2.53. The lowest BCUT2D eigenvalue weighted by molar-refractivity contribution is -0.127. The summed E-state index contributed by atoms with van der Waals surface area (Å²) < 4.78 is 0. The van der Waals surface area contributed by atoms with Crippen LogP contribution >= 0.6 is 0 Å². The molecule has 0 aliphatic heterocycles. The van der Waals surface area contributed by atoms with E-state index in [1.807, 2.05) is 50.3 Å². The van der Waals surface area contributed by atoms with E-state index in [1.54, 1.807) is 6.08 Å². The van der Waals surface area contributed by atoms with Gasteiger partial charge in [-0.2, -0.15) is 0 Å². The van der Waals surface area contributed by atoms with E-state index in [-0.39, 0.29) is 22.7 Å². The Balaban J connectivity index is 1.89. The fourth-order valence-electron chi connectivity index (χ4n) is 6.19. The highest BCUT2D eigenvalue weighted by atomic mass is 16.3. The molecule has 3 nitrogen and oxygen atoms in total. The topological polar surface area (TPSA) is 57.5 Å². The van der Waals surface area contributed by atoms with Crippen LogP contribution in [0.3, 0.4) is 0 Å². The number of carbonyl (C=O) groups excluding carboxylic acids is 1. The molecular weight excluding hydrogens is 528 g/mol. The van der Waals surface area contributed by atoms with Gasteiger partial charge < -0.3 is 10.2 Å². The van der Waals surface area contributed by atoms with Crippen LogP contribution in [-0.4, -0.2) is 28.2 Å². The Bertz CT molecular complexity index is 1310. The van der Waals surface area contributed by atoms with Gasteiger partial charge in [-0.25, -0.2) is 0 Å². The number of ketones is 1. The molecule has 2 rings (SSSR count). The average molecular weight is 585 g/mol. The maximum atomic E-state index is 12.9. The van der Waals surface area contributed by atoms with E-state index >= 15 is 0 Å². The van der Waals surface area contributed by atoms with Gasteiger partial charge in [0.25, 0.3) is 0 Å². The van der Waals surface area contributed by atoms with Crippen molar-refractivity contribution in [2.45, 2.75) is 107 Å². The molecule has 3 heteroatoms. The van der Waals surface area contributed by atoms with Crippen LogP contribution in [-0.2, 0) is 4.79 Å². The molecule has 1 saturated carbocycles. The second-order valence-corrected chi connectivity index (χ2v) is 14.2. The third kappa shape index (κ3) is 10.9. The monoisotopic (exact) mass is 584 g/mol. The molecule has 0 heterocycles. The van der Waals surface area contributed by atoms with E-state index in [1.165, 1.54) is 16.7 Å². The van der Waals surface area contributed by atoms with Crippen molar-refractivity contribution in [2.24, 2.45) is 16.2 Å². The van der Waals surface area contributed by atoms with Gasteiger partial charge in [0, 0.05) is 5.41 Å². The SMILES string of the molecule is CC1=C(/C=C/C(C)=C/C=C/C(C)=C/C=C/C=C(C)\C=C\C=C(C)\C=C\C(=O)[C@]2(C)C[C@H](O)CC2(C)C)C(C)(C)C[C@@H](O)C1. The normalized spacial score (nSPS) is 27.7. The molecule has 3 atom stereocenters. The molecule has 0 amide bonds. The van der Waals surface area contributed by atoms with E-state index in [2.05, 4.69) is 97.9 Å². The molecule has 2 N–H and O–H groups in total. The smallest absolute Gasteiger partial charge is 0.162 e.